The largest absolute Gasteiger partial charge is 0.304 e. The first-order valence-corrected chi connectivity index (χ1v) is 13.9. The molecular formula is C27H33FN2O4S. The first-order valence-electron chi connectivity index (χ1n) is 12.5. The molecule has 1 aromatic carbocycles. The van der Waals surface area contributed by atoms with E-state index in [4.69, 9.17) is 0 Å². The maximum absolute atomic E-state index is 14.1. The van der Waals surface area contributed by atoms with Gasteiger partial charge in [-0.1, -0.05) is 30.7 Å². The average molecular weight is 501 g/mol. The third-order valence-electron chi connectivity index (χ3n) is 8.53. The summed E-state index contributed by atoms with van der Waals surface area (Å²) in [6.45, 7) is 6.58. The van der Waals surface area contributed by atoms with E-state index in [1.54, 1.807) is 13.0 Å². The standard InChI is InChI=1S/C27H33FN2O4S/c1-18-9-11-27(35(32,33)34,21-7-4-8-22(28)15-21)25(31)24(18)23-10-13-29-26(23)12-14-30(19(2)16-26)17-20-5-3-6-20/h4,7-11,15,19-20,29H,3,5-6,12-14,16-17H2,1-2H3,(H,32,33,34). The first kappa shape index (κ1) is 24.6. The molecule has 2 heterocycles. The van der Waals surface area contributed by atoms with E-state index < -0.39 is 32.0 Å². The quantitative estimate of drug-likeness (QED) is 0.596. The Hall–Kier alpha value is -2.13. The van der Waals surface area contributed by atoms with E-state index in [0.29, 0.717) is 23.7 Å². The monoisotopic (exact) mass is 500 g/mol. The predicted octanol–water partition coefficient (Wildman–Crippen LogP) is 3.92. The van der Waals surface area contributed by atoms with Crippen LogP contribution in [0, 0.1) is 11.7 Å². The first-order chi connectivity index (χ1) is 16.6. The normalized spacial score (nSPS) is 32.3. The molecule has 5 rings (SSSR count). The van der Waals surface area contributed by atoms with E-state index in [-0.39, 0.29) is 5.56 Å². The van der Waals surface area contributed by atoms with Crippen LogP contribution in [-0.2, 0) is 19.7 Å². The second kappa shape index (κ2) is 8.76. The van der Waals surface area contributed by atoms with Gasteiger partial charge in [0, 0.05) is 36.8 Å². The summed E-state index contributed by atoms with van der Waals surface area (Å²) in [5, 5.41) is 3.61. The molecule has 2 fully saturated rings. The lowest BCUT2D eigenvalue weighted by molar-refractivity contribution is -0.117. The predicted molar refractivity (Wildman–Crippen MR) is 133 cm³/mol. The summed E-state index contributed by atoms with van der Waals surface area (Å²) >= 11 is 0. The maximum Gasteiger partial charge on any atom is 0.286 e. The van der Waals surface area contributed by atoms with Crippen LogP contribution >= 0.6 is 0 Å². The number of carbonyl (C=O) groups is 1. The van der Waals surface area contributed by atoms with Gasteiger partial charge in [-0.25, -0.2) is 4.39 Å². The van der Waals surface area contributed by atoms with Crippen molar-refractivity contribution in [2.24, 2.45) is 5.92 Å². The SMILES string of the molecule is CC1=C(C2=CCNC23CCN(CC2CCC2)C(C)C3)C(=O)C(c2cccc(F)c2)(S(=O)(=O)O)C=C1. The van der Waals surface area contributed by atoms with Crippen LogP contribution < -0.4 is 5.32 Å². The minimum absolute atomic E-state index is 0.101. The Balaban J connectivity index is 1.51. The van der Waals surface area contributed by atoms with Crippen molar-refractivity contribution in [3.63, 3.8) is 0 Å². The van der Waals surface area contributed by atoms with E-state index in [0.717, 1.165) is 43.5 Å². The number of hydrogen-bond acceptors (Lipinski definition) is 5. The molecule has 1 spiro atoms. The number of carbonyl (C=O) groups excluding carboxylic acids is 1. The van der Waals surface area contributed by atoms with Gasteiger partial charge in [0.15, 0.2) is 5.78 Å². The van der Waals surface area contributed by atoms with Crippen molar-refractivity contribution in [1.29, 1.82) is 0 Å². The molecule has 2 N–H and O–H groups in total. The molecule has 0 bridgehead atoms. The van der Waals surface area contributed by atoms with Gasteiger partial charge in [-0.05, 0) is 80.4 Å². The number of allylic oxidation sites excluding steroid dienone is 2. The van der Waals surface area contributed by atoms with Gasteiger partial charge in [0.1, 0.15) is 5.82 Å². The molecule has 2 aliphatic carbocycles. The number of piperidine rings is 1. The van der Waals surface area contributed by atoms with Crippen molar-refractivity contribution in [3.8, 4) is 0 Å². The van der Waals surface area contributed by atoms with Crippen LogP contribution in [0.15, 0.2) is 59.2 Å². The van der Waals surface area contributed by atoms with Crippen molar-refractivity contribution in [2.45, 2.75) is 62.3 Å². The van der Waals surface area contributed by atoms with E-state index in [1.165, 1.54) is 43.5 Å². The van der Waals surface area contributed by atoms with Crippen LogP contribution in [0.25, 0.3) is 0 Å². The average Bonchev–Trinajstić information content (AvgIpc) is 3.13. The fourth-order valence-electron chi connectivity index (χ4n) is 6.35. The Morgan fingerprint density at radius 2 is 2.06 bits per heavy atom. The van der Waals surface area contributed by atoms with Gasteiger partial charge in [-0.3, -0.25) is 9.35 Å². The highest BCUT2D eigenvalue weighted by molar-refractivity contribution is 7.87. The molecular weight excluding hydrogens is 467 g/mol. The van der Waals surface area contributed by atoms with Gasteiger partial charge >= 0.3 is 0 Å². The van der Waals surface area contributed by atoms with Crippen LogP contribution in [0.5, 0.6) is 0 Å². The fourth-order valence-corrected chi connectivity index (χ4v) is 7.36. The third kappa shape index (κ3) is 3.95. The molecule has 4 aliphatic rings. The molecule has 188 valence electrons. The molecule has 0 radical (unpaired) electrons. The number of ketones is 1. The second-order valence-corrected chi connectivity index (χ2v) is 12.2. The van der Waals surface area contributed by atoms with E-state index >= 15 is 0 Å². The van der Waals surface area contributed by atoms with Crippen molar-refractivity contribution >= 4 is 15.9 Å². The van der Waals surface area contributed by atoms with Gasteiger partial charge in [0.2, 0.25) is 4.75 Å². The number of likely N-dealkylation sites (tertiary alicyclic amines) is 1. The summed E-state index contributed by atoms with van der Waals surface area (Å²) in [5.74, 6) is -0.635. The molecule has 8 heteroatoms. The number of halogens is 1. The summed E-state index contributed by atoms with van der Waals surface area (Å²) in [6, 6.07) is 5.21. The van der Waals surface area contributed by atoms with Gasteiger partial charge in [-0.2, -0.15) is 8.42 Å². The number of hydrogen-bond donors (Lipinski definition) is 2. The number of nitrogens with one attached hydrogen (secondary N) is 1. The molecule has 6 nitrogen and oxygen atoms in total. The van der Waals surface area contributed by atoms with Crippen LogP contribution in [0.1, 0.15) is 51.5 Å². The van der Waals surface area contributed by atoms with Gasteiger partial charge in [0.25, 0.3) is 10.1 Å². The van der Waals surface area contributed by atoms with E-state index in [9.17, 15) is 22.2 Å². The lowest BCUT2D eigenvalue weighted by Crippen LogP contribution is -2.57. The molecule has 0 amide bonds. The second-order valence-electron chi connectivity index (χ2n) is 10.6. The molecule has 1 saturated heterocycles. The lowest BCUT2D eigenvalue weighted by Gasteiger charge is -2.48. The summed E-state index contributed by atoms with van der Waals surface area (Å²) in [4.78, 5) is 16.7. The van der Waals surface area contributed by atoms with Gasteiger partial charge in [0.05, 0.1) is 0 Å². The molecule has 0 aromatic heterocycles. The zero-order chi connectivity index (χ0) is 25.0. The highest BCUT2D eigenvalue weighted by atomic mass is 32.2. The molecule has 3 atom stereocenters. The lowest BCUT2D eigenvalue weighted by atomic mass is 9.71. The van der Waals surface area contributed by atoms with Crippen LogP contribution in [-0.4, -0.2) is 54.9 Å². The highest BCUT2D eigenvalue weighted by Crippen LogP contribution is 2.47. The van der Waals surface area contributed by atoms with Crippen molar-refractivity contribution in [2.75, 3.05) is 19.6 Å². The zero-order valence-corrected chi connectivity index (χ0v) is 21.1. The molecule has 3 unspecified atom stereocenters. The Kier molecular flexibility index (Phi) is 6.15. The molecule has 35 heavy (non-hydrogen) atoms. The Morgan fingerprint density at radius 3 is 2.69 bits per heavy atom. The maximum atomic E-state index is 14.1. The summed E-state index contributed by atoms with van der Waals surface area (Å²) in [6.07, 6.45) is 10.3. The minimum atomic E-state index is -4.96. The smallest absolute Gasteiger partial charge is 0.286 e. The minimum Gasteiger partial charge on any atom is -0.304 e. The number of nitrogens with zero attached hydrogens (tertiary/aromatic N) is 1. The number of benzene rings is 1. The molecule has 1 saturated carbocycles. The van der Waals surface area contributed by atoms with Gasteiger partial charge < -0.3 is 10.2 Å². The summed E-state index contributed by atoms with van der Waals surface area (Å²) in [7, 11) is -4.96. The summed E-state index contributed by atoms with van der Waals surface area (Å²) in [5.41, 5.74) is 1.20. The van der Waals surface area contributed by atoms with Crippen molar-refractivity contribution in [1.82, 2.24) is 10.2 Å². The number of rotatable bonds is 5. The number of Topliss-reactive ketones (excluding diaryl/α,β-unsaturated/α-hetero) is 1. The van der Waals surface area contributed by atoms with Crippen LogP contribution in [0.3, 0.4) is 0 Å². The van der Waals surface area contributed by atoms with Gasteiger partial charge in [-0.15, -0.1) is 0 Å². The topological polar surface area (TPSA) is 86.7 Å². The third-order valence-corrected chi connectivity index (χ3v) is 9.90. The van der Waals surface area contributed by atoms with Crippen molar-refractivity contribution in [3.05, 3.63) is 70.6 Å². The van der Waals surface area contributed by atoms with E-state index in [1.807, 2.05) is 6.08 Å². The highest BCUT2D eigenvalue weighted by Gasteiger charge is 2.55. The molecule has 2 aliphatic heterocycles. The van der Waals surface area contributed by atoms with Crippen LogP contribution in [0.2, 0.25) is 0 Å². The van der Waals surface area contributed by atoms with E-state index in [2.05, 4.69) is 17.1 Å². The Bertz CT molecular complexity index is 1250. The summed E-state index contributed by atoms with van der Waals surface area (Å²) < 4.78 is 47.7. The zero-order valence-electron chi connectivity index (χ0n) is 20.3. The Labute approximate surface area is 206 Å². The fraction of sp³-hybridized carbons (Fsp3) is 0.519. The Morgan fingerprint density at radius 1 is 1.29 bits per heavy atom. The van der Waals surface area contributed by atoms with Crippen LogP contribution in [0.4, 0.5) is 4.39 Å². The van der Waals surface area contributed by atoms with Crippen molar-refractivity contribution < 1.29 is 22.2 Å². The molecule has 1 aromatic rings.